The van der Waals surface area contributed by atoms with Crippen molar-refractivity contribution in [1.82, 2.24) is 15.0 Å². The van der Waals surface area contributed by atoms with Gasteiger partial charge in [-0.3, -0.25) is 4.98 Å². The summed E-state index contributed by atoms with van der Waals surface area (Å²) in [7, 11) is 0. The van der Waals surface area contributed by atoms with Crippen molar-refractivity contribution in [2.75, 3.05) is 36.5 Å². The van der Waals surface area contributed by atoms with E-state index in [1.165, 1.54) is 0 Å². The summed E-state index contributed by atoms with van der Waals surface area (Å²) in [5, 5.41) is 22.5. The fraction of sp³-hybridized carbons (Fsp3) is 0.250. The van der Waals surface area contributed by atoms with Gasteiger partial charge in [-0.1, -0.05) is 36.7 Å². The number of aromatic nitrogens is 3. The highest BCUT2D eigenvalue weighted by Gasteiger charge is 2.18. The Labute approximate surface area is 230 Å². The van der Waals surface area contributed by atoms with Crippen molar-refractivity contribution < 1.29 is 14.2 Å². The molecule has 39 heavy (non-hydrogen) atoms. The molecule has 0 unspecified atom stereocenters. The van der Waals surface area contributed by atoms with Crippen LogP contribution in [0.1, 0.15) is 18.3 Å². The quantitative estimate of drug-likeness (QED) is 0.244. The summed E-state index contributed by atoms with van der Waals surface area (Å²) in [4.78, 5) is 14.7. The van der Waals surface area contributed by atoms with Crippen LogP contribution in [-0.4, -0.2) is 46.4 Å². The van der Waals surface area contributed by atoms with Gasteiger partial charge < -0.3 is 20.1 Å². The minimum absolute atomic E-state index is 0.0908. The zero-order chi connectivity index (χ0) is 27.2. The molecule has 2 N–H and O–H groups in total. The third-order valence-corrected chi connectivity index (χ3v) is 6.39. The lowest BCUT2D eigenvalue weighted by Gasteiger charge is -2.27. The number of phenolic OH excluding ortho intramolecular Hbond substituents is 1. The molecule has 1 aliphatic rings. The lowest BCUT2D eigenvalue weighted by molar-refractivity contribution is 0.122. The normalized spacial score (nSPS) is 13.7. The van der Waals surface area contributed by atoms with E-state index in [1.54, 1.807) is 12.1 Å². The van der Waals surface area contributed by atoms with Gasteiger partial charge in [0.25, 0.3) is 5.95 Å². The Bertz CT molecular complexity index is 1490. The number of ether oxygens (including phenoxy) is 1. The molecular weight excluding hydrogens is 521 g/mol. The van der Waals surface area contributed by atoms with Crippen LogP contribution in [0.25, 0.3) is 11.1 Å². The third kappa shape index (κ3) is 6.47. The van der Waals surface area contributed by atoms with Crippen LogP contribution in [0.15, 0.2) is 71.0 Å². The largest absolute Gasteiger partial charge is 0.507 e. The Morgan fingerprint density at radius 3 is 2.72 bits per heavy atom. The van der Waals surface area contributed by atoms with Crippen LogP contribution < -0.4 is 10.2 Å². The minimum Gasteiger partial charge on any atom is -0.507 e. The zero-order valence-corrected chi connectivity index (χ0v) is 22.1. The van der Waals surface area contributed by atoms with Gasteiger partial charge in [-0.15, -0.1) is 5.11 Å². The molecule has 2 aromatic carbocycles. The van der Waals surface area contributed by atoms with Gasteiger partial charge in [0.05, 0.1) is 36.5 Å². The van der Waals surface area contributed by atoms with Gasteiger partial charge >= 0.3 is 0 Å². The Hall–Kier alpha value is -4.15. The second kappa shape index (κ2) is 12.1. The maximum Gasteiger partial charge on any atom is 0.270 e. The van der Waals surface area contributed by atoms with E-state index in [2.05, 4.69) is 25.5 Å². The smallest absolute Gasteiger partial charge is 0.270 e. The van der Waals surface area contributed by atoms with E-state index < -0.39 is 5.82 Å². The number of phenols is 1. The molecule has 0 saturated carbocycles. The molecular formula is C28H27ClFN7O2. The number of benzene rings is 2. The summed E-state index contributed by atoms with van der Waals surface area (Å²) in [6, 6.07) is 16.5. The predicted octanol–water partition coefficient (Wildman–Crippen LogP) is 6.46. The van der Waals surface area contributed by atoms with Crippen molar-refractivity contribution in [2.24, 2.45) is 10.2 Å². The zero-order valence-electron chi connectivity index (χ0n) is 21.3. The van der Waals surface area contributed by atoms with Crippen molar-refractivity contribution in [3.63, 3.8) is 0 Å². The van der Waals surface area contributed by atoms with Gasteiger partial charge in [0.15, 0.2) is 11.6 Å². The van der Waals surface area contributed by atoms with Gasteiger partial charge in [0.2, 0.25) is 0 Å². The van der Waals surface area contributed by atoms with Crippen LogP contribution in [0.4, 0.5) is 27.5 Å². The first-order valence-electron chi connectivity index (χ1n) is 12.6. The fourth-order valence-corrected chi connectivity index (χ4v) is 4.51. The second-order valence-electron chi connectivity index (χ2n) is 8.86. The van der Waals surface area contributed by atoms with E-state index in [4.69, 9.17) is 21.3 Å². The average Bonchev–Trinajstić information content (AvgIpc) is 2.95. The van der Waals surface area contributed by atoms with Crippen LogP contribution >= 0.6 is 11.6 Å². The first-order valence-corrected chi connectivity index (χ1v) is 13.0. The van der Waals surface area contributed by atoms with Crippen LogP contribution in [0.2, 0.25) is 5.02 Å². The first kappa shape index (κ1) is 26.5. The van der Waals surface area contributed by atoms with Gasteiger partial charge in [-0.25, -0.2) is 9.37 Å². The van der Waals surface area contributed by atoms with Crippen molar-refractivity contribution >= 4 is 34.7 Å². The molecule has 1 fully saturated rings. The molecule has 11 heteroatoms. The molecule has 0 amide bonds. The summed E-state index contributed by atoms with van der Waals surface area (Å²) in [6.45, 7) is 4.39. The molecule has 0 atom stereocenters. The molecule has 1 aliphatic heterocycles. The standard InChI is InChI=1S/C28H27ClFN7O2/c1-2-24-25(34-21-14-18(13-19(29)15-21)22-5-3-4-6-26(22)38)8-7-20(33-24)16-32-36-28-31-17-23(30)27(35-28)37-9-11-39-12-10-37/h3-8,13-15,17,34,38H,2,9-12,16H2,1H3. The summed E-state index contributed by atoms with van der Waals surface area (Å²) >= 11 is 6.39. The van der Waals surface area contributed by atoms with Gasteiger partial charge in [-0.2, -0.15) is 10.1 Å². The van der Waals surface area contributed by atoms with Crippen LogP contribution in [0.5, 0.6) is 5.75 Å². The number of hydrogen-bond acceptors (Lipinski definition) is 9. The number of rotatable bonds is 8. The van der Waals surface area contributed by atoms with E-state index in [0.717, 1.165) is 34.5 Å². The minimum atomic E-state index is -0.499. The molecule has 9 nitrogen and oxygen atoms in total. The molecule has 2 aromatic heterocycles. The lowest BCUT2D eigenvalue weighted by Crippen LogP contribution is -2.37. The number of anilines is 3. The summed E-state index contributed by atoms with van der Waals surface area (Å²) in [5.74, 6) is -0.0204. The van der Waals surface area contributed by atoms with Gasteiger partial charge in [0, 0.05) is 29.4 Å². The van der Waals surface area contributed by atoms with Crippen molar-refractivity contribution in [1.29, 1.82) is 0 Å². The summed E-state index contributed by atoms with van der Waals surface area (Å²) < 4.78 is 19.6. The van der Waals surface area contributed by atoms with Crippen molar-refractivity contribution in [3.8, 4) is 16.9 Å². The number of aryl methyl sites for hydroxylation is 1. The van der Waals surface area contributed by atoms with Crippen LogP contribution in [-0.2, 0) is 17.7 Å². The number of azo groups is 1. The fourth-order valence-electron chi connectivity index (χ4n) is 4.27. The second-order valence-corrected chi connectivity index (χ2v) is 9.30. The number of hydrogen-bond donors (Lipinski definition) is 2. The lowest BCUT2D eigenvalue weighted by atomic mass is 10.0. The average molecular weight is 548 g/mol. The Kier molecular flexibility index (Phi) is 8.24. The van der Waals surface area contributed by atoms with Crippen molar-refractivity contribution in [3.05, 3.63) is 83.0 Å². The highest BCUT2D eigenvalue weighted by atomic mass is 35.5. The number of nitrogens with zero attached hydrogens (tertiary/aromatic N) is 6. The Morgan fingerprint density at radius 2 is 1.92 bits per heavy atom. The van der Waals surface area contributed by atoms with E-state index in [1.807, 2.05) is 54.3 Å². The Balaban J connectivity index is 1.30. The highest BCUT2D eigenvalue weighted by Crippen LogP contribution is 2.34. The molecule has 0 aliphatic carbocycles. The Morgan fingerprint density at radius 1 is 1.10 bits per heavy atom. The van der Waals surface area contributed by atoms with E-state index in [0.29, 0.717) is 43.3 Å². The van der Waals surface area contributed by atoms with Crippen LogP contribution in [0.3, 0.4) is 0 Å². The number of pyridine rings is 1. The summed E-state index contributed by atoms with van der Waals surface area (Å²) in [5.41, 5.74) is 4.66. The predicted molar refractivity (Wildman–Crippen MR) is 149 cm³/mol. The molecule has 3 heterocycles. The van der Waals surface area contributed by atoms with Crippen LogP contribution in [0, 0.1) is 5.82 Å². The maximum atomic E-state index is 14.3. The molecule has 200 valence electrons. The molecule has 0 spiro atoms. The molecule has 0 radical (unpaired) electrons. The van der Waals surface area contributed by atoms with E-state index in [-0.39, 0.29) is 24.1 Å². The third-order valence-electron chi connectivity index (χ3n) is 6.17. The topological polar surface area (TPSA) is 108 Å². The van der Waals surface area contributed by atoms with Gasteiger partial charge in [-0.05, 0) is 48.4 Å². The molecule has 0 bridgehead atoms. The molecule has 1 saturated heterocycles. The molecule has 4 aromatic rings. The number of halogens is 2. The number of aromatic hydroxyl groups is 1. The monoisotopic (exact) mass is 547 g/mol. The number of morpholine rings is 1. The van der Waals surface area contributed by atoms with E-state index in [9.17, 15) is 9.50 Å². The molecule has 5 rings (SSSR count). The van der Waals surface area contributed by atoms with Gasteiger partial charge in [0.1, 0.15) is 12.3 Å². The highest BCUT2D eigenvalue weighted by molar-refractivity contribution is 6.31. The number of para-hydroxylation sites is 1. The summed E-state index contributed by atoms with van der Waals surface area (Å²) in [6.07, 6.45) is 1.80. The first-order chi connectivity index (χ1) is 19.0. The number of nitrogens with one attached hydrogen (secondary N) is 1. The SMILES string of the molecule is CCc1nc(CN=Nc2ncc(F)c(N3CCOCC3)n2)ccc1Nc1cc(Cl)cc(-c2ccccc2O)c1. The maximum absolute atomic E-state index is 14.3. The van der Waals surface area contributed by atoms with Crippen molar-refractivity contribution in [2.45, 2.75) is 19.9 Å². The van der Waals surface area contributed by atoms with E-state index >= 15 is 0 Å².